The van der Waals surface area contributed by atoms with Crippen molar-refractivity contribution in [3.05, 3.63) is 46.1 Å². The molecule has 0 bridgehead atoms. The van der Waals surface area contributed by atoms with Gasteiger partial charge < -0.3 is 10.6 Å². The molecule has 0 spiro atoms. The number of amides is 1. The molecule has 1 aromatic carbocycles. The Morgan fingerprint density at radius 3 is 2.36 bits per heavy atom. The van der Waals surface area contributed by atoms with E-state index in [1.54, 1.807) is 30.3 Å². The predicted octanol–water partition coefficient (Wildman–Crippen LogP) is 3.91. The average Bonchev–Trinajstić information content (AvgIpc) is 2.49. The molecule has 0 radical (unpaired) electrons. The number of benzene rings is 1. The molecule has 1 amide bonds. The van der Waals surface area contributed by atoms with Crippen LogP contribution in [0.3, 0.4) is 0 Å². The van der Waals surface area contributed by atoms with E-state index in [-0.39, 0.29) is 11.6 Å². The summed E-state index contributed by atoms with van der Waals surface area (Å²) in [5.74, 6) is 0.583. The van der Waals surface area contributed by atoms with Gasteiger partial charge in [-0.2, -0.15) is 0 Å². The number of halogens is 2. The zero-order chi connectivity index (χ0) is 16.1. The van der Waals surface area contributed by atoms with E-state index in [9.17, 15) is 4.79 Å². The Bertz CT molecular complexity index is 639. The number of hydrogen-bond donors (Lipinski definition) is 2. The molecule has 1 aromatic heterocycles. The van der Waals surface area contributed by atoms with E-state index in [1.165, 1.54) is 0 Å². The lowest BCUT2D eigenvalue weighted by Gasteiger charge is -2.10. The van der Waals surface area contributed by atoms with E-state index in [4.69, 9.17) is 23.2 Å². The molecule has 0 aliphatic heterocycles. The van der Waals surface area contributed by atoms with E-state index in [0.717, 1.165) is 0 Å². The van der Waals surface area contributed by atoms with Crippen molar-refractivity contribution in [3.63, 3.8) is 0 Å². The van der Waals surface area contributed by atoms with Crippen LogP contribution in [0.1, 0.15) is 24.3 Å². The molecule has 116 valence electrons. The number of hydrogen-bond acceptors (Lipinski definition) is 4. The third kappa shape index (κ3) is 4.32. The normalized spacial score (nSPS) is 10.6. The van der Waals surface area contributed by atoms with Crippen LogP contribution in [0.2, 0.25) is 10.0 Å². The third-order valence-electron chi connectivity index (χ3n) is 2.78. The van der Waals surface area contributed by atoms with Crippen molar-refractivity contribution in [1.82, 2.24) is 15.5 Å². The van der Waals surface area contributed by atoms with Gasteiger partial charge in [-0.05, 0) is 30.2 Å². The summed E-state index contributed by atoms with van der Waals surface area (Å²) in [6.07, 6.45) is 0. The van der Waals surface area contributed by atoms with Gasteiger partial charge in [0.2, 0.25) is 0 Å². The van der Waals surface area contributed by atoms with Crippen molar-refractivity contribution in [1.29, 1.82) is 0 Å². The molecule has 2 rings (SSSR count). The lowest BCUT2D eigenvalue weighted by molar-refractivity contribution is 0.0943. The molecular formula is C15H16Cl2N4O. The topological polar surface area (TPSA) is 66.9 Å². The zero-order valence-electron chi connectivity index (χ0n) is 12.2. The summed E-state index contributed by atoms with van der Waals surface area (Å²) in [4.78, 5) is 11.9. The molecule has 22 heavy (non-hydrogen) atoms. The first-order chi connectivity index (χ1) is 10.5. The van der Waals surface area contributed by atoms with Gasteiger partial charge in [0.05, 0.1) is 15.7 Å². The van der Waals surface area contributed by atoms with Crippen LogP contribution in [-0.4, -0.2) is 22.6 Å². The zero-order valence-corrected chi connectivity index (χ0v) is 13.7. The van der Waals surface area contributed by atoms with E-state index < -0.39 is 0 Å². The van der Waals surface area contributed by atoms with Crippen molar-refractivity contribution in [3.8, 4) is 0 Å². The van der Waals surface area contributed by atoms with Crippen LogP contribution in [0.25, 0.3) is 0 Å². The molecular weight excluding hydrogens is 323 g/mol. The lowest BCUT2D eigenvalue weighted by Crippen LogP contribution is -2.28. The maximum Gasteiger partial charge on any atom is 0.271 e. The second-order valence-electron chi connectivity index (χ2n) is 5.13. The molecule has 0 atom stereocenters. The highest BCUT2D eigenvalue weighted by Crippen LogP contribution is 2.31. The molecule has 0 aliphatic carbocycles. The first-order valence-electron chi connectivity index (χ1n) is 6.80. The number of rotatable bonds is 5. The van der Waals surface area contributed by atoms with Gasteiger partial charge in [-0.3, -0.25) is 4.79 Å². The van der Waals surface area contributed by atoms with Crippen LogP contribution in [0.5, 0.6) is 0 Å². The van der Waals surface area contributed by atoms with Crippen LogP contribution in [0.15, 0.2) is 30.3 Å². The van der Waals surface area contributed by atoms with Crippen molar-refractivity contribution >= 4 is 40.6 Å². The maximum absolute atomic E-state index is 11.9. The molecule has 0 aliphatic rings. The summed E-state index contributed by atoms with van der Waals surface area (Å²) in [5.41, 5.74) is 0.814. The number of para-hydroxylation sites is 1. The Hall–Kier alpha value is -1.85. The summed E-state index contributed by atoms with van der Waals surface area (Å²) < 4.78 is 0. The van der Waals surface area contributed by atoms with Gasteiger partial charge in [-0.1, -0.05) is 43.1 Å². The fourth-order valence-corrected chi connectivity index (χ4v) is 2.14. The summed E-state index contributed by atoms with van der Waals surface area (Å²) in [7, 11) is 0. The summed E-state index contributed by atoms with van der Waals surface area (Å²) >= 11 is 12.1. The maximum atomic E-state index is 11.9. The highest BCUT2D eigenvalue weighted by atomic mass is 35.5. The van der Waals surface area contributed by atoms with Crippen LogP contribution in [0, 0.1) is 5.92 Å². The van der Waals surface area contributed by atoms with Crippen molar-refractivity contribution in [2.45, 2.75) is 13.8 Å². The van der Waals surface area contributed by atoms with Crippen LogP contribution < -0.4 is 10.6 Å². The number of anilines is 2. The number of nitrogens with one attached hydrogen (secondary N) is 2. The minimum absolute atomic E-state index is 0.247. The van der Waals surface area contributed by atoms with E-state index in [1.807, 2.05) is 13.8 Å². The van der Waals surface area contributed by atoms with Gasteiger partial charge in [-0.25, -0.2) is 0 Å². The SMILES string of the molecule is CC(C)CNC(=O)c1ccc(Nc2c(Cl)cccc2Cl)nn1. The predicted molar refractivity (Wildman–Crippen MR) is 88.9 cm³/mol. The average molecular weight is 339 g/mol. The fourth-order valence-electron chi connectivity index (χ4n) is 1.65. The second kappa shape index (κ2) is 7.42. The first kappa shape index (κ1) is 16.5. The smallest absolute Gasteiger partial charge is 0.271 e. The quantitative estimate of drug-likeness (QED) is 0.867. The molecule has 5 nitrogen and oxygen atoms in total. The highest BCUT2D eigenvalue weighted by molar-refractivity contribution is 6.39. The number of carbonyl (C=O) groups excluding carboxylic acids is 1. The Morgan fingerprint density at radius 1 is 1.14 bits per heavy atom. The first-order valence-corrected chi connectivity index (χ1v) is 7.56. The minimum atomic E-state index is -0.247. The van der Waals surface area contributed by atoms with Crippen molar-refractivity contribution < 1.29 is 4.79 Å². The molecule has 0 unspecified atom stereocenters. The minimum Gasteiger partial charge on any atom is -0.350 e. The summed E-state index contributed by atoms with van der Waals surface area (Å²) in [5, 5.41) is 14.6. The Morgan fingerprint density at radius 2 is 1.82 bits per heavy atom. The number of carbonyl (C=O) groups is 1. The fraction of sp³-hybridized carbons (Fsp3) is 0.267. The molecule has 0 saturated heterocycles. The van der Waals surface area contributed by atoms with Gasteiger partial charge >= 0.3 is 0 Å². The van der Waals surface area contributed by atoms with Crippen molar-refractivity contribution in [2.24, 2.45) is 5.92 Å². The number of nitrogens with zero attached hydrogens (tertiary/aromatic N) is 2. The Kier molecular flexibility index (Phi) is 5.57. The van der Waals surface area contributed by atoms with Gasteiger partial charge in [-0.15, -0.1) is 10.2 Å². The third-order valence-corrected chi connectivity index (χ3v) is 3.41. The Balaban J connectivity index is 2.08. The largest absolute Gasteiger partial charge is 0.350 e. The van der Waals surface area contributed by atoms with Gasteiger partial charge in [0.1, 0.15) is 0 Å². The van der Waals surface area contributed by atoms with Crippen LogP contribution >= 0.6 is 23.2 Å². The van der Waals surface area contributed by atoms with E-state index in [2.05, 4.69) is 20.8 Å². The highest BCUT2D eigenvalue weighted by Gasteiger charge is 2.10. The second-order valence-corrected chi connectivity index (χ2v) is 5.94. The Labute approximate surface area is 139 Å². The summed E-state index contributed by atoms with van der Waals surface area (Å²) in [6.45, 7) is 4.63. The van der Waals surface area contributed by atoms with E-state index in [0.29, 0.717) is 34.0 Å². The molecule has 2 aromatic rings. The molecule has 1 heterocycles. The molecule has 7 heteroatoms. The van der Waals surface area contributed by atoms with E-state index >= 15 is 0 Å². The molecule has 0 saturated carbocycles. The lowest BCUT2D eigenvalue weighted by atomic mass is 10.2. The van der Waals surface area contributed by atoms with Crippen LogP contribution in [0.4, 0.5) is 11.5 Å². The van der Waals surface area contributed by atoms with Crippen LogP contribution in [-0.2, 0) is 0 Å². The van der Waals surface area contributed by atoms with Crippen molar-refractivity contribution in [2.75, 3.05) is 11.9 Å². The summed E-state index contributed by atoms with van der Waals surface area (Å²) in [6, 6.07) is 8.43. The van der Waals surface area contributed by atoms with Gasteiger partial charge in [0.15, 0.2) is 11.5 Å². The standard InChI is InChI=1S/C15H16Cl2N4O/c1-9(2)8-18-15(22)12-6-7-13(21-20-12)19-14-10(16)4-3-5-11(14)17/h3-7,9H,8H2,1-2H3,(H,18,22)(H,19,21). The van der Waals surface area contributed by atoms with Gasteiger partial charge in [0, 0.05) is 6.54 Å². The number of aromatic nitrogens is 2. The molecule has 0 fully saturated rings. The monoisotopic (exact) mass is 338 g/mol. The molecule has 2 N–H and O–H groups in total. The van der Waals surface area contributed by atoms with Gasteiger partial charge in [0.25, 0.3) is 5.91 Å².